The zero-order chi connectivity index (χ0) is 14.2. The van der Waals surface area contributed by atoms with Gasteiger partial charge in [-0.3, -0.25) is 0 Å². The fourth-order valence-corrected chi connectivity index (χ4v) is 4.77. The highest BCUT2D eigenvalue weighted by Crippen LogP contribution is 2.22. The molecule has 0 saturated heterocycles. The van der Waals surface area contributed by atoms with Gasteiger partial charge in [0.05, 0.1) is 6.54 Å². The summed E-state index contributed by atoms with van der Waals surface area (Å²) in [6, 6.07) is 3.47. The molecule has 0 fully saturated rings. The van der Waals surface area contributed by atoms with Crippen molar-refractivity contribution in [3.05, 3.63) is 28.3 Å². The highest BCUT2D eigenvalue weighted by Gasteiger charge is 2.17. The number of aryl methyl sites for hydroxylation is 1. The monoisotopic (exact) mass is 329 g/mol. The fourth-order valence-electron chi connectivity index (χ4n) is 1.59. The van der Waals surface area contributed by atoms with Gasteiger partial charge in [-0.15, -0.1) is 21.5 Å². The topological polar surface area (TPSA) is 89.2 Å². The quantitative estimate of drug-likeness (QED) is 0.762. The van der Waals surface area contributed by atoms with Crippen molar-refractivity contribution < 1.29 is 8.42 Å². The van der Waals surface area contributed by atoms with Gasteiger partial charge < -0.3 is 0 Å². The smallest absolute Gasteiger partial charge is 0.206 e. The van der Waals surface area contributed by atoms with Gasteiger partial charge in [0, 0.05) is 4.88 Å². The predicted octanol–water partition coefficient (Wildman–Crippen LogP) is 1.29. The van der Waals surface area contributed by atoms with Crippen LogP contribution in [0.1, 0.15) is 16.8 Å². The van der Waals surface area contributed by atoms with Crippen molar-refractivity contribution in [2.45, 2.75) is 24.1 Å². The van der Waals surface area contributed by atoms with Crippen LogP contribution in [0.5, 0.6) is 0 Å². The molecule has 0 saturated carbocycles. The lowest BCUT2D eigenvalue weighted by atomic mass is 10.4. The van der Waals surface area contributed by atoms with Crippen molar-refractivity contribution in [1.82, 2.24) is 24.5 Å². The first-order chi connectivity index (χ1) is 9.58. The van der Waals surface area contributed by atoms with E-state index < -0.39 is 10.0 Å². The number of nitrogens with one attached hydrogen (secondary N) is 1. The minimum absolute atomic E-state index is 0.149. The molecule has 7 nitrogen and oxygen atoms in total. The van der Waals surface area contributed by atoms with E-state index in [0.717, 1.165) is 11.3 Å². The van der Waals surface area contributed by atoms with E-state index in [9.17, 15) is 8.42 Å². The maximum absolute atomic E-state index is 12.1. The molecular formula is C10H11N5O2S3. The fraction of sp³-hybridized carbons (Fsp3) is 0.300. The van der Waals surface area contributed by atoms with E-state index in [4.69, 9.17) is 0 Å². The van der Waals surface area contributed by atoms with Crippen LogP contribution >= 0.6 is 22.7 Å². The Morgan fingerprint density at radius 1 is 1.35 bits per heavy atom. The molecule has 3 aromatic heterocycles. The Morgan fingerprint density at radius 2 is 2.20 bits per heavy atom. The molecule has 0 amide bonds. The van der Waals surface area contributed by atoms with Gasteiger partial charge in [-0.2, -0.15) is 9.61 Å². The predicted molar refractivity (Wildman–Crippen MR) is 76.4 cm³/mol. The van der Waals surface area contributed by atoms with Crippen LogP contribution < -0.4 is 4.72 Å². The second-order valence-electron chi connectivity index (χ2n) is 3.95. The van der Waals surface area contributed by atoms with Gasteiger partial charge in [-0.25, -0.2) is 13.1 Å². The number of rotatable bonds is 5. The number of hydrogen-bond donors (Lipinski definition) is 1. The average Bonchev–Trinajstić information content (AvgIpc) is 3.11. The number of aromatic nitrogens is 4. The van der Waals surface area contributed by atoms with E-state index in [1.807, 2.05) is 13.0 Å². The second-order valence-corrected chi connectivity index (χ2v) is 8.16. The molecule has 0 radical (unpaired) electrons. The van der Waals surface area contributed by atoms with E-state index in [2.05, 4.69) is 20.0 Å². The van der Waals surface area contributed by atoms with Gasteiger partial charge in [0.1, 0.15) is 15.5 Å². The van der Waals surface area contributed by atoms with Gasteiger partial charge in [-0.05, 0) is 18.6 Å². The number of fused-ring (bicyclic) bond motifs is 1. The molecule has 20 heavy (non-hydrogen) atoms. The lowest BCUT2D eigenvalue weighted by molar-refractivity contribution is 0.583. The van der Waals surface area contributed by atoms with E-state index >= 15 is 0 Å². The first-order valence-corrected chi connectivity index (χ1v) is 8.94. The third kappa shape index (κ3) is 2.59. The zero-order valence-electron chi connectivity index (χ0n) is 10.5. The molecule has 3 rings (SSSR count). The molecule has 0 aromatic carbocycles. The first kappa shape index (κ1) is 13.6. The summed E-state index contributed by atoms with van der Waals surface area (Å²) in [5, 5.41) is 12.4. The largest absolute Gasteiger partial charge is 0.250 e. The molecule has 3 heterocycles. The molecule has 0 atom stereocenters. The Balaban J connectivity index is 1.74. The van der Waals surface area contributed by atoms with Crippen LogP contribution in [0, 0.1) is 0 Å². The molecule has 0 aliphatic heterocycles. The highest BCUT2D eigenvalue weighted by molar-refractivity contribution is 7.91. The Morgan fingerprint density at radius 3 is 2.90 bits per heavy atom. The molecule has 10 heteroatoms. The lowest BCUT2D eigenvalue weighted by Crippen LogP contribution is -2.22. The summed E-state index contributed by atoms with van der Waals surface area (Å²) in [7, 11) is -3.48. The van der Waals surface area contributed by atoms with Crippen molar-refractivity contribution in [2.75, 3.05) is 0 Å². The van der Waals surface area contributed by atoms with Gasteiger partial charge in [0.2, 0.25) is 15.0 Å². The van der Waals surface area contributed by atoms with Crippen LogP contribution in [0.2, 0.25) is 0 Å². The van der Waals surface area contributed by atoms with E-state index in [1.165, 1.54) is 33.5 Å². The van der Waals surface area contributed by atoms with Crippen molar-refractivity contribution in [3.8, 4) is 0 Å². The SMILES string of the molecule is CCc1ccc(S(=O)(=O)NCc2nn3cnnc3s2)s1. The highest BCUT2D eigenvalue weighted by atomic mass is 32.2. The van der Waals surface area contributed by atoms with Crippen LogP contribution in [0.25, 0.3) is 4.96 Å². The van der Waals surface area contributed by atoms with Crippen molar-refractivity contribution in [3.63, 3.8) is 0 Å². The Hall–Kier alpha value is -1.36. The second kappa shape index (κ2) is 5.20. The van der Waals surface area contributed by atoms with Crippen LogP contribution in [0.3, 0.4) is 0 Å². The first-order valence-electron chi connectivity index (χ1n) is 5.82. The molecule has 1 N–H and O–H groups in total. The summed E-state index contributed by atoms with van der Waals surface area (Å²) in [4.78, 5) is 1.69. The summed E-state index contributed by atoms with van der Waals surface area (Å²) in [6.45, 7) is 2.14. The third-order valence-corrected chi connectivity index (χ3v) is 6.63. The summed E-state index contributed by atoms with van der Waals surface area (Å²) >= 11 is 2.59. The van der Waals surface area contributed by atoms with Crippen molar-refractivity contribution in [1.29, 1.82) is 0 Å². The maximum atomic E-state index is 12.1. The molecular weight excluding hydrogens is 318 g/mol. The Bertz CT molecular complexity index is 803. The van der Waals surface area contributed by atoms with Crippen molar-refractivity contribution >= 4 is 37.7 Å². The Labute approximate surface area is 123 Å². The minimum atomic E-state index is -3.48. The molecule has 0 unspecified atom stereocenters. The maximum Gasteiger partial charge on any atom is 0.250 e. The standard InChI is InChI=1S/C10H11N5O2S3/c1-2-7-3-4-9(18-7)20(16,17)12-5-8-14-15-6-11-13-10(15)19-8/h3-4,6,12H,2,5H2,1H3. The van der Waals surface area contributed by atoms with Crippen LogP contribution in [-0.2, 0) is 23.0 Å². The average molecular weight is 329 g/mol. The zero-order valence-corrected chi connectivity index (χ0v) is 12.9. The van der Waals surface area contributed by atoms with E-state index in [1.54, 1.807) is 6.07 Å². The molecule has 0 spiro atoms. The van der Waals surface area contributed by atoms with E-state index in [-0.39, 0.29) is 6.54 Å². The number of sulfonamides is 1. The number of thiophene rings is 1. The molecule has 0 bridgehead atoms. The summed E-state index contributed by atoms with van der Waals surface area (Å²) in [5.74, 6) is 0. The normalized spacial score (nSPS) is 12.2. The molecule has 3 aromatic rings. The van der Waals surface area contributed by atoms with Gasteiger partial charge >= 0.3 is 0 Å². The summed E-state index contributed by atoms with van der Waals surface area (Å²) < 4.78 is 28.7. The number of hydrogen-bond acceptors (Lipinski definition) is 7. The van der Waals surface area contributed by atoms with Crippen molar-refractivity contribution in [2.24, 2.45) is 0 Å². The molecule has 0 aliphatic carbocycles. The van der Waals surface area contributed by atoms with Crippen LogP contribution in [-0.4, -0.2) is 28.2 Å². The van der Waals surface area contributed by atoms with Gasteiger partial charge in [0.25, 0.3) is 0 Å². The van der Waals surface area contributed by atoms with Gasteiger partial charge in [0.15, 0.2) is 0 Å². The minimum Gasteiger partial charge on any atom is -0.206 e. The number of nitrogens with zero attached hydrogens (tertiary/aromatic N) is 4. The van der Waals surface area contributed by atoms with E-state index in [0.29, 0.717) is 14.2 Å². The summed E-state index contributed by atoms with van der Waals surface area (Å²) in [5.41, 5.74) is 0. The third-order valence-electron chi connectivity index (χ3n) is 2.59. The van der Waals surface area contributed by atoms with Crippen LogP contribution in [0.15, 0.2) is 22.7 Å². The van der Waals surface area contributed by atoms with Gasteiger partial charge in [-0.1, -0.05) is 18.3 Å². The summed E-state index contributed by atoms with van der Waals surface area (Å²) in [6.07, 6.45) is 2.31. The Kier molecular flexibility index (Phi) is 3.54. The lowest BCUT2D eigenvalue weighted by Gasteiger charge is -2.01. The molecule has 106 valence electrons. The molecule has 0 aliphatic rings. The van der Waals surface area contributed by atoms with Crippen LogP contribution in [0.4, 0.5) is 0 Å².